The summed E-state index contributed by atoms with van der Waals surface area (Å²) in [5.74, 6) is 0. The Morgan fingerprint density at radius 1 is 1.00 bits per heavy atom. The summed E-state index contributed by atoms with van der Waals surface area (Å²) in [5.41, 5.74) is 3.91. The molecule has 0 spiro atoms. The van der Waals surface area contributed by atoms with Gasteiger partial charge in [0.25, 0.3) is 0 Å². The second-order valence-electron chi connectivity index (χ2n) is 4.85. The van der Waals surface area contributed by atoms with Crippen molar-refractivity contribution in [3.63, 3.8) is 0 Å². The number of rotatable bonds is 6. The minimum absolute atomic E-state index is 1.02. The minimum Gasteiger partial charge on any atom is -0.384 e. The van der Waals surface area contributed by atoms with E-state index in [9.17, 15) is 0 Å². The van der Waals surface area contributed by atoms with Crippen LogP contribution in [0.25, 0.3) is 0 Å². The third-order valence-electron chi connectivity index (χ3n) is 3.17. The van der Waals surface area contributed by atoms with Gasteiger partial charge in [-0.15, -0.1) is 0 Å². The van der Waals surface area contributed by atoms with E-state index in [0.29, 0.717) is 0 Å². The van der Waals surface area contributed by atoms with Crippen LogP contribution >= 0.6 is 15.9 Å². The van der Waals surface area contributed by atoms with E-state index >= 15 is 0 Å². The fraction of sp³-hybridized carbons (Fsp3) is 0.294. The van der Waals surface area contributed by atoms with Crippen LogP contribution in [0, 0.1) is 6.92 Å². The van der Waals surface area contributed by atoms with E-state index in [1.165, 1.54) is 29.7 Å². The van der Waals surface area contributed by atoms with Gasteiger partial charge in [0.15, 0.2) is 0 Å². The van der Waals surface area contributed by atoms with Gasteiger partial charge in [-0.3, -0.25) is 0 Å². The first-order valence-electron chi connectivity index (χ1n) is 6.79. The molecular formula is C17H20BrN. The van der Waals surface area contributed by atoms with Gasteiger partial charge in [-0.2, -0.15) is 0 Å². The average Bonchev–Trinajstić information content (AvgIpc) is 2.43. The number of hydrogen-bond donors (Lipinski definition) is 1. The van der Waals surface area contributed by atoms with Crippen molar-refractivity contribution in [2.75, 3.05) is 11.9 Å². The Kier molecular flexibility index (Phi) is 5.46. The SMILES string of the molecule is Cc1ccc(Br)c(NCCCCc2ccccc2)c1. The molecule has 0 aliphatic carbocycles. The van der Waals surface area contributed by atoms with Crippen LogP contribution in [0.2, 0.25) is 0 Å². The summed E-state index contributed by atoms with van der Waals surface area (Å²) in [5, 5.41) is 3.49. The highest BCUT2D eigenvalue weighted by molar-refractivity contribution is 9.10. The summed E-state index contributed by atoms with van der Waals surface area (Å²) in [7, 11) is 0. The van der Waals surface area contributed by atoms with E-state index in [2.05, 4.69) is 76.7 Å². The number of benzene rings is 2. The second-order valence-corrected chi connectivity index (χ2v) is 5.71. The molecular weight excluding hydrogens is 298 g/mol. The fourth-order valence-electron chi connectivity index (χ4n) is 2.10. The van der Waals surface area contributed by atoms with E-state index in [1.807, 2.05) is 0 Å². The molecule has 0 bridgehead atoms. The Morgan fingerprint density at radius 3 is 2.58 bits per heavy atom. The van der Waals surface area contributed by atoms with Crippen LogP contribution in [0.4, 0.5) is 5.69 Å². The van der Waals surface area contributed by atoms with Gasteiger partial charge >= 0.3 is 0 Å². The highest BCUT2D eigenvalue weighted by Crippen LogP contribution is 2.23. The van der Waals surface area contributed by atoms with Crippen molar-refractivity contribution >= 4 is 21.6 Å². The van der Waals surface area contributed by atoms with Crippen LogP contribution in [-0.4, -0.2) is 6.54 Å². The van der Waals surface area contributed by atoms with Gasteiger partial charge in [0.05, 0.1) is 0 Å². The molecule has 2 rings (SSSR count). The average molecular weight is 318 g/mol. The minimum atomic E-state index is 1.02. The molecule has 19 heavy (non-hydrogen) atoms. The molecule has 2 aromatic rings. The molecule has 0 unspecified atom stereocenters. The van der Waals surface area contributed by atoms with Crippen LogP contribution in [0.5, 0.6) is 0 Å². The van der Waals surface area contributed by atoms with Gasteiger partial charge in [-0.25, -0.2) is 0 Å². The first-order chi connectivity index (χ1) is 9.25. The van der Waals surface area contributed by atoms with Gasteiger partial charge in [-0.05, 0) is 65.4 Å². The molecule has 0 aliphatic rings. The predicted octanol–water partition coefficient (Wildman–Crippen LogP) is 5.19. The molecule has 0 amide bonds. The van der Waals surface area contributed by atoms with E-state index in [-0.39, 0.29) is 0 Å². The fourth-order valence-corrected chi connectivity index (χ4v) is 2.48. The van der Waals surface area contributed by atoms with Crippen molar-refractivity contribution < 1.29 is 0 Å². The number of halogens is 1. The lowest BCUT2D eigenvalue weighted by Gasteiger charge is -2.09. The molecule has 100 valence electrons. The molecule has 1 N–H and O–H groups in total. The van der Waals surface area contributed by atoms with Crippen molar-refractivity contribution in [3.05, 3.63) is 64.1 Å². The second kappa shape index (κ2) is 7.34. The zero-order chi connectivity index (χ0) is 13.5. The summed E-state index contributed by atoms with van der Waals surface area (Å²) in [6.45, 7) is 3.14. The molecule has 1 nitrogen and oxygen atoms in total. The molecule has 0 saturated carbocycles. The van der Waals surface area contributed by atoms with Crippen molar-refractivity contribution in [1.29, 1.82) is 0 Å². The number of unbranched alkanes of at least 4 members (excludes halogenated alkanes) is 1. The number of hydrogen-bond acceptors (Lipinski definition) is 1. The molecule has 0 radical (unpaired) electrons. The lowest BCUT2D eigenvalue weighted by atomic mass is 10.1. The van der Waals surface area contributed by atoms with Crippen LogP contribution in [0.1, 0.15) is 24.0 Å². The maximum absolute atomic E-state index is 3.57. The topological polar surface area (TPSA) is 12.0 Å². The quantitative estimate of drug-likeness (QED) is 0.723. The van der Waals surface area contributed by atoms with Crippen LogP contribution in [-0.2, 0) is 6.42 Å². The third-order valence-corrected chi connectivity index (χ3v) is 3.86. The summed E-state index contributed by atoms with van der Waals surface area (Å²) in [4.78, 5) is 0. The molecule has 0 aliphatic heterocycles. The summed E-state index contributed by atoms with van der Waals surface area (Å²) >= 11 is 3.57. The first kappa shape index (κ1) is 14.1. The maximum atomic E-state index is 3.57. The highest BCUT2D eigenvalue weighted by atomic mass is 79.9. The molecule has 2 heteroatoms. The summed E-state index contributed by atoms with van der Waals surface area (Å²) in [6, 6.07) is 17.1. The highest BCUT2D eigenvalue weighted by Gasteiger charge is 1.99. The van der Waals surface area contributed by atoms with Crippen molar-refractivity contribution in [1.82, 2.24) is 0 Å². The molecule has 2 aromatic carbocycles. The lowest BCUT2D eigenvalue weighted by Crippen LogP contribution is -2.03. The third kappa shape index (κ3) is 4.71. The monoisotopic (exact) mass is 317 g/mol. The van der Waals surface area contributed by atoms with E-state index < -0.39 is 0 Å². The van der Waals surface area contributed by atoms with Gasteiger partial charge in [0, 0.05) is 16.7 Å². The number of anilines is 1. The zero-order valence-corrected chi connectivity index (χ0v) is 12.9. The Morgan fingerprint density at radius 2 is 1.79 bits per heavy atom. The van der Waals surface area contributed by atoms with Gasteiger partial charge in [0.1, 0.15) is 0 Å². The molecule has 0 saturated heterocycles. The maximum Gasteiger partial charge on any atom is 0.0487 e. The molecule has 0 fully saturated rings. The Bertz CT molecular complexity index is 508. The van der Waals surface area contributed by atoms with E-state index in [1.54, 1.807) is 0 Å². The van der Waals surface area contributed by atoms with Gasteiger partial charge in [-0.1, -0.05) is 36.4 Å². The van der Waals surface area contributed by atoms with Crippen molar-refractivity contribution in [2.45, 2.75) is 26.2 Å². The van der Waals surface area contributed by atoms with E-state index in [4.69, 9.17) is 0 Å². The summed E-state index contributed by atoms with van der Waals surface area (Å²) in [6.07, 6.45) is 3.58. The zero-order valence-electron chi connectivity index (χ0n) is 11.3. The van der Waals surface area contributed by atoms with Gasteiger partial charge in [0.2, 0.25) is 0 Å². The van der Waals surface area contributed by atoms with Crippen LogP contribution < -0.4 is 5.32 Å². The number of aryl methyl sites for hydroxylation is 2. The molecule has 0 heterocycles. The lowest BCUT2D eigenvalue weighted by molar-refractivity contribution is 0.763. The first-order valence-corrected chi connectivity index (χ1v) is 7.59. The normalized spacial score (nSPS) is 10.4. The summed E-state index contributed by atoms with van der Waals surface area (Å²) < 4.78 is 1.14. The Labute approximate surface area is 124 Å². The Hall–Kier alpha value is -1.28. The van der Waals surface area contributed by atoms with Crippen molar-refractivity contribution in [3.8, 4) is 0 Å². The van der Waals surface area contributed by atoms with Crippen LogP contribution in [0.15, 0.2) is 53.0 Å². The molecule has 0 atom stereocenters. The Balaban J connectivity index is 1.71. The smallest absolute Gasteiger partial charge is 0.0487 e. The van der Waals surface area contributed by atoms with Gasteiger partial charge < -0.3 is 5.32 Å². The molecule has 0 aromatic heterocycles. The van der Waals surface area contributed by atoms with E-state index in [0.717, 1.165) is 17.4 Å². The number of nitrogens with one attached hydrogen (secondary N) is 1. The predicted molar refractivity (Wildman–Crippen MR) is 86.7 cm³/mol. The largest absolute Gasteiger partial charge is 0.384 e. The standard InChI is InChI=1S/C17H20BrN/c1-14-10-11-16(18)17(13-14)19-12-6-5-9-15-7-3-2-4-8-15/h2-4,7-8,10-11,13,19H,5-6,9,12H2,1H3. The van der Waals surface area contributed by atoms with Crippen molar-refractivity contribution in [2.24, 2.45) is 0 Å². The van der Waals surface area contributed by atoms with Crippen LogP contribution in [0.3, 0.4) is 0 Å².